The zero-order chi connectivity index (χ0) is 11.7. The molecule has 0 radical (unpaired) electrons. The predicted molar refractivity (Wildman–Crippen MR) is 69.2 cm³/mol. The van der Waals surface area contributed by atoms with Gasteiger partial charge in [-0.2, -0.15) is 0 Å². The fraction of sp³-hybridized carbons (Fsp3) is 0.429. The molecule has 1 atom stereocenters. The van der Waals surface area contributed by atoms with E-state index in [-0.39, 0.29) is 6.23 Å². The molecule has 1 fully saturated rings. The number of nitrogens with zero attached hydrogens (tertiary/aromatic N) is 1. The van der Waals surface area contributed by atoms with Gasteiger partial charge < -0.3 is 9.72 Å². The van der Waals surface area contributed by atoms with Crippen LogP contribution in [0.1, 0.15) is 19.8 Å². The van der Waals surface area contributed by atoms with E-state index in [2.05, 4.69) is 35.0 Å². The van der Waals surface area contributed by atoms with Gasteiger partial charge in [-0.15, -0.1) is 0 Å². The van der Waals surface area contributed by atoms with Gasteiger partial charge in [0.15, 0.2) is 0 Å². The third-order valence-electron chi connectivity index (χ3n) is 3.49. The molecular formula is C14H18N2O. The summed E-state index contributed by atoms with van der Waals surface area (Å²) < 4.78 is 5.99. The number of hydrogen-bond acceptors (Lipinski definition) is 2. The van der Waals surface area contributed by atoms with Crippen LogP contribution >= 0.6 is 0 Å². The van der Waals surface area contributed by atoms with Crippen molar-refractivity contribution in [2.24, 2.45) is 0 Å². The van der Waals surface area contributed by atoms with E-state index in [0.717, 1.165) is 24.4 Å². The summed E-state index contributed by atoms with van der Waals surface area (Å²) in [5.74, 6) is 0.955. The van der Waals surface area contributed by atoms with Crippen LogP contribution < -0.4 is 4.74 Å². The lowest BCUT2D eigenvalue weighted by Crippen LogP contribution is -2.34. The van der Waals surface area contributed by atoms with Gasteiger partial charge in [-0.1, -0.05) is 0 Å². The van der Waals surface area contributed by atoms with Gasteiger partial charge in [0, 0.05) is 30.2 Å². The fourth-order valence-corrected chi connectivity index (χ4v) is 2.48. The van der Waals surface area contributed by atoms with Crippen molar-refractivity contribution in [3.63, 3.8) is 0 Å². The summed E-state index contributed by atoms with van der Waals surface area (Å²) in [6.07, 6.45) is 4.72. The Morgan fingerprint density at radius 2 is 2.06 bits per heavy atom. The van der Waals surface area contributed by atoms with Gasteiger partial charge in [0.05, 0.1) is 0 Å². The molecule has 90 valence electrons. The zero-order valence-corrected chi connectivity index (χ0v) is 10.1. The van der Waals surface area contributed by atoms with E-state index in [1.165, 1.54) is 18.2 Å². The van der Waals surface area contributed by atoms with Gasteiger partial charge in [0.25, 0.3) is 0 Å². The summed E-state index contributed by atoms with van der Waals surface area (Å²) in [5.41, 5.74) is 1.16. The summed E-state index contributed by atoms with van der Waals surface area (Å²) in [7, 11) is 0. The molecular weight excluding hydrogens is 212 g/mol. The highest BCUT2D eigenvalue weighted by Gasteiger charge is 2.19. The lowest BCUT2D eigenvalue weighted by molar-refractivity contribution is 0.0593. The Labute approximate surface area is 101 Å². The molecule has 2 heterocycles. The topological polar surface area (TPSA) is 28.3 Å². The largest absolute Gasteiger partial charge is 0.475 e. The number of aromatic amines is 1. The van der Waals surface area contributed by atoms with Crippen LogP contribution in [0.2, 0.25) is 0 Å². The van der Waals surface area contributed by atoms with Crippen LogP contribution in [0, 0.1) is 0 Å². The number of ether oxygens (including phenoxy) is 1. The summed E-state index contributed by atoms with van der Waals surface area (Å²) in [5, 5.41) is 1.20. The molecule has 1 saturated heterocycles. The molecule has 1 aliphatic rings. The minimum absolute atomic E-state index is 0.175. The molecule has 2 aromatic rings. The van der Waals surface area contributed by atoms with Crippen molar-refractivity contribution in [3.05, 3.63) is 30.5 Å². The van der Waals surface area contributed by atoms with Crippen molar-refractivity contribution in [1.29, 1.82) is 0 Å². The first-order valence-electron chi connectivity index (χ1n) is 6.31. The maximum atomic E-state index is 5.99. The van der Waals surface area contributed by atoms with Crippen LogP contribution in [0.3, 0.4) is 0 Å². The third kappa shape index (κ3) is 2.15. The molecule has 1 N–H and O–H groups in total. The maximum absolute atomic E-state index is 5.99. The summed E-state index contributed by atoms with van der Waals surface area (Å²) >= 11 is 0. The smallest absolute Gasteiger partial charge is 0.149 e. The van der Waals surface area contributed by atoms with Crippen molar-refractivity contribution in [1.82, 2.24) is 9.88 Å². The molecule has 0 amide bonds. The molecule has 0 aliphatic carbocycles. The van der Waals surface area contributed by atoms with E-state index in [0.29, 0.717) is 0 Å². The van der Waals surface area contributed by atoms with Crippen molar-refractivity contribution in [2.45, 2.75) is 26.0 Å². The second-order valence-corrected chi connectivity index (χ2v) is 4.69. The molecule has 3 heteroatoms. The molecule has 1 unspecified atom stereocenters. The predicted octanol–water partition coefficient (Wildman–Crippen LogP) is 2.99. The van der Waals surface area contributed by atoms with Gasteiger partial charge in [-0.05, 0) is 44.0 Å². The summed E-state index contributed by atoms with van der Waals surface area (Å²) in [4.78, 5) is 5.58. The average Bonchev–Trinajstić information content (AvgIpc) is 2.99. The quantitative estimate of drug-likeness (QED) is 0.878. The minimum Gasteiger partial charge on any atom is -0.475 e. The summed E-state index contributed by atoms with van der Waals surface area (Å²) in [6.45, 7) is 4.45. The molecule has 3 nitrogen and oxygen atoms in total. The van der Waals surface area contributed by atoms with Gasteiger partial charge >= 0.3 is 0 Å². The molecule has 1 aromatic carbocycles. The van der Waals surface area contributed by atoms with Crippen LogP contribution in [-0.4, -0.2) is 29.2 Å². The Hall–Kier alpha value is -1.48. The molecule has 0 spiro atoms. The lowest BCUT2D eigenvalue weighted by Gasteiger charge is -2.24. The van der Waals surface area contributed by atoms with Gasteiger partial charge in [-0.25, -0.2) is 0 Å². The standard InChI is InChI=1S/C14H18N2O/c1-11(16-8-2-3-9-16)17-13-4-5-14-12(10-13)6-7-15-14/h4-7,10-11,15H,2-3,8-9H2,1H3. The van der Waals surface area contributed by atoms with Crippen LogP contribution in [0.4, 0.5) is 0 Å². The van der Waals surface area contributed by atoms with Gasteiger partial charge in [0.1, 0.15) is 12.0 Å². The number of nitrogens with one attached hydrogen (secondary N) is 1. The normalized spacial score (nSPS) is 18.6. The second kappa shape index (κ2) is 4.41. The number of H-pyrrole nitrogens is 1. The van der Waals surface area contributed by atoms with Gasteiger partial charge in [0.2, 0.25) is 0 Å². The number of likely N-dealkylation sites (tertiary alicyclic amines) is 1. The Balaban J connectivity index is 1.74. The monoisotopic (exact) mass is 230 g/mol. The van der Waals surface area contributed by atoms with Gasteiger partial charge in [-0.3, -0.25) is 4.90 Å². The molecule has 0 bridgehead atoms. The Morgan fingerprint density at radius 1 is 1.24 bits per heavy atom. The van der Waals surface area contributed by atoms with Crippen LogP contribution in [0.5, 0.6) is 5.75 Å². The first-order valence-corrected chi connectivity index (χ1v) is 6.31. The van der Waals surface area contributed by atoms with Crippen molar-refractivity contribution in [2.75, 3.05) is 13.1 Å². The Morgan fingerprint density at radius 3 is 2.88 bits per heavy atom. The highest BCUT2D eigenvalue weighted by atomic mass is 16.5. The SMILES string of the molecule is CC(Oc1ccc2[nH]ccc2c1)N1CCCC1. The van der Waals surface area contributed by atoms with E-state index in [4.69, 9.17) is 4.74 Å². The van der Waals surface area contributed by atoms with Crippen LogP contribution in [0.25, 0.3) is 10.9 Å². The van der Waals surface area contributed by atoms with E-state index in [1.807, 2.05) is 12.3 Å². The number of rotatable bonds is 3. The van der Waals surface area contributed by atoms with Crippen molar-refractivity contribution >= 4 is 10.9 Å². The molecule has 1 aromatic heterocycles. The van der Waals surface area contributed by atoms with Crippen LogP contribution in [-0.2, 0) is 0 Å². The van der Waals surface area contributed by atoms with E-state index in [9.17, 15) is 0 Å². The minimum atomic E-state index is 0.175. The molecule has 1 aliphatic heterocycles. The first-order chi connectivity index (χ1) is 8.33. The number of aromatic nitrogens is 1. The van der Waals surface area contributed by atoms with Crippen molar-refractivity contribution < 1.29 is 4.74 Å². The van der Waals surface area contributed by atoms with Crippen LogP contribution in [0.15, 0.2) is 30.5 Å². The maximum Gasteiger partial charge on any atom is 0.149 e. The fourth-order valence-electron chi connectivity index (χ4n) is 2.48. The first kappa shape index (κ1) is 10.7. The van der Waals surface area contributed by atoms with E-state index < -0.39 is 0 Å². The molecule has 3 rings (SSSR count). The second-order valence-electron chi connectivity index (χ2n) is 4.69. The van der Waals surface area contributed by atoms with E-state index >= 15 is 0 Å². The Kier molecular flexibility index (Phi) is 2.77. The highest BCUT2D eigenvalue weighted by molar-refractivity contribution is 5.80. The Bertz CT molecular complexity index is 500. The molecule has 17 heavy (non-hydrogen) atoms. The number of benzene rings is 1. The van der Waals surface area contributed by atoms with E-state index in [1.54, 1.807) is 0 Å². The number of hydrogen-bond donors (Lipinski definition) is 1. The highest BCUT2D eigenvalue weighted by Crippen LogP contribution is 2.22. The number of fused-ring (bicyclic) bond motifs is 1. The molecule has 0 saturated carbocycles. The average molecular weight is 230 g/mol. The van der Waals surface area contributed by atoms with Crippen molar-refractivity contribution in [3.8, 4) is 5.75 Å². The third-order valence-corrected chi connectivity index (χ3v) is 3.49. The lowest BCUT2D eigenvalue weighted by atomic mass is 10.2. The summed E-state index contributed by atoms with van der Waals surface area (Å²) in [6, 6.07) is 8.27. The zero-order valence-electron chi connectivity index (χ0n) is 10.1.